The minimum atomic E-state index is -3.37. The quantitative estimate of drug-likeness (QED) is 0.0768. The summed E-state index contributed by atoms with van der Waals surface area (Å²) in [7, 11) is -6.75. The lowest BCUT2D eigenvalue weighted by Gasteiger charge is -2.29. The van der Waals surface area contributed by atoms with Gasteiger partial charge in [0.15, 0.2) is 29.7 Å². The molecule has 12 aromatic rings. The van der Waals surface area contributed by atoms with E-state index in [0.29, 0.717) is 91.1 Å². The van der Waals surface area contributed by atoms with Crippen LogP contribution in [0, 0.1) is 0 Å². The van der Waals surface area contributed by atoms with Crippen LogP contribution in [0.15, 0.2) is 194 Å². The van der Waals surface area contributed by atoms with Crippen LogP contribution in [0.1, 0.15) is 70.8 Å². The number of sulfone groups is 2. The minimum absolute atomic E-state index is 0.0247. The van der Waals surface area contributed by atoms with Crippen LogP contribution >= 0.6 is 11.8 Å². The molecule has 3 fully saturated rings. The molecule has 0 aliphatic carbocycles. The zero-order chi connectivity index (χ0) is 67.7. The first-order valence-corrected chi connectivity index (χ1v) is 36.6. The molecule has 6 aromatic heterocycles. The normalized spacial score (nSPS) is 19.2. The Morgan fingerprint density at radius 3 is 1.00 bits per heavy atom. The molecule has 25 heteroatoms. The lowest BCUT2D eigenvalue weighted by atomic mass is 9.96. The summed E-state index contributed by atoms with van der Waals surface area (Å²) in [6.07, 6.45) is 14.9. The zero-order valence-electron chi connectivity index (χ0n) is 53.2. The molecule has 3 saturated heterocycles. The highest BCUT2D eigenvalue weighted by Crippen LogP contribution is 2.33. The highest BCUT2D eigenvalue weighted by Gasteiger charge is 2.30. The van der Waals surface area contributed by atoms with E-state index in [1.165, 1.54) is 33.9 Å². The maximum Gasteiger partial charge on any atom is 0.261 e. The fourth-order valence-corrected chi connectivity index (χ4v) is 14.6. The second-order valence-corrected chi connectivity index (χ2v) is 29.3. The number of aromatic nitrogens is 9. The Balaban J connectivity index is 0.000000131. The zero-order valence-corrected chi connectivity index (χ0v) is 55.7. The van der Waals surface area contributed by atoms with Gasteiger partial charge in [-0.3, -0.25) is 28.1 Å². The number of thioether (sulfide) groups is 1. The van der Waals surface area contributed by atoms with Gasteiger partial charge < -0.3 is 29.5 Å². The molecular weight excluding hydrogens is 1300 g/mol. The fourth-order valence-electron chi connectivity index (χ4n) is 13.2. The van der Waals surface area contributed by atoms with Crippen LogP contribution in [0.4, 0.5) is 0 Å². The van der Waals surface area contributed by atoms with Crippen molar-refractivity contribution >= 4 is 96.5 Å². The minimum Gasteiger partial charge on any atom is -0.389 e. The summed E-state index contributed by atoms with van der Waals surface area (Å²) in [5, 5.41) is 39.3. The maximum atomic E-state index is 13.5. The fraction of sp³-hybridized carbons (Fsp3) is 0.292. The maximum absolute atomic E-state index is 13.5. The van der Waals surface area contributed by atoms with Crippen molar-refractivity contribution in [2.45, 2.75) is 90.0 Å². The van der Waals surface area contributed by atoms with Crippen LogP contribution in [-0.4, -0.2) is 152 Å². The molecular formula is C72H69N9O13S3. The van der Waals surface area contributed by atoms with E-state index in [0.717, 1.165) is 83.2 Å². The summed E-state index contributed by atoms with van der Waals surface area (Å²) in [5.74, 6) is 0. The second kappa shape index (κ2) is 28.2. The topological polar surface area (TPSA) is 300 Å². The highest BCUT2D eigenvalue weighted by atomic mass is 32.2. The largest absolute Gasteiger partial charge is 0.389 e. The lowest BCUT2D eigenvalue weighted by Crippen LogP contribution is -2.39. The number of nitrogens with zero attached hydrogens (tertiary/aromatic N) is 9. The Bertz CT molecular complexity index is 5160. The van der Waals surface area contributed by atoms with Crippen LogP contribution in [0.2, 0.25) is 0 Å². The Morgan fingerprint density at radius 2 is 0.732 bits per heavy atom. The highest BCUT2D eigenvalue weighted by molar-refractivity contribution is 7.98. The van der Waals surface area contributed by atoms with Gasteiger partial charge in [-0.15, -0.1) is 11.8 Å². The molecule has 22 nitrogen and oxygen atoms in total. The summed E-state index contributed by atoms with van der Waals surface area (Å²) < 4.78 is 67.4. The van der Waals surface area contributed by atoms with Crippen molar-refractivity contribution in [3.05, 3.63) is 229 Å². The number of hydrogen-bond donors (Lipinski definition) is 3. The van der Waals surface area contributed by atoms with E-state index in [4.69, 9.17) is 14.2 Å². The molecule has 6 atom stereocenters. The molecule has 0 saturated carbocycles. The smallest absolute Gasteiger partial charge is 0.261 e. The molecule has 0 bridgehead atoms. The van der Waals surface area contributed by atoms with Gasteiger partial charge >= 0.3 is 0 Å². The third-order valence-electron chi connectivity index (χ3n) is 18.1. The van der Waals surface area contributed by atoms with E-state index in [1.807, 2.05) is 103 Å². The van der Waals surface area contributed by atoms with Gasteiger partial charge in [0.05, 0.1) is 113 Å². The molecule has 0 radical (unpaired) electrons. The number of hydrogen-bond acceptors (Lipinski definition) is 20. The van der Waals surface area contributed by atoms with Crippen LogP contribution in [-0.2, 0) is 53.1 Å². The van der Waals surface area contributed by atoms with E-state index in [2.05, 4.69) is 42.0 Å². The third kappa shape index (κ3) is 14.0. The summed E-state index contributed by atoms with van der Waals surface area (Å²) in [4.78, 5) is 66.9. The van der Waals surface area contributed by atoms with Gasteiger partial charge in [0.25, 0.3) is 16.7 Å². The number of rotatable bonds is 12. The van der Waals surface area contributed by atoms with Gasteiger partial charge in [0.2, 0.25) is 0 Å². The van der Waals surface area contributed by atoms with Crippen molar-refractivity contribution < 1.29 is 46.4 Å². The first kappa shape index (κ1) is 66.6. The van der Waals surface area contributed by atoms with Gasteiger partial charge in [-0.05, 0) is 131 Å². The Labute approximate surface area is 561 Å². The molecule has 0 spiro atoms. The van der Waals surface area contributed by atoms with Gasteiger partial charge in [0, 0.05) is 67.1 Å². The molecule has 0 unspecified atom stereocenters. The molecule has 15 rings (SSSR count). The Hall–Kier alpha value is -9.02. The number of aliphatic hydroxyl groups is 3. The third-order valence-corrected chi connectivity index (χ3v) is 20.8. The molecule has 3 aliphatic heterocycles. The number of aliphatic hydroxyl groups excluding tert-OH is 3. The van der Waals surface area contributed by atoms with E-state index in [1.54, 1.807) is 47.2 Å². The first-order valence-electron chi connectivity index (χ1n) is 31.6. The molecule has 6 aromatic carbocycles. The molecule has 498 valence electrons. The van der Waals surface area contributed by atoms with Crippen molar-refractivity contribution in [1.82, 2.24) is 43.6 Å². The number of pyridine rings is 3. The summed E-state index contributed by atoms with van der Waals surface area (Å²) in [5.41, 5.74) is 7.02. The van der Waals surface area contributed by atoms with Crippen molar-refractivity contribution in [2.75, 3.05) is 58.4 Å². The number of benzene rings is 6. The summed E-state index contributed by atoms with van der Waals surface area (Å²) >= 11 is 1.61. The van der Waals surface area contributed by atoms with E-state index < -0.39 is 38.0 Å². The van der Waals surface area contributed by atoms with Crippen molar-refractivity contribution in [3.63, 3.8) is 0 Å². The number of ether oxygens (including phenoxy) is 3. The van der Waals surface area contributed by atoms with Crippen molar-refractivity contribution in [3.8, 4) is 0 Å². The standard InChI is InChI=1S/2C24H23N3O5S.C24H23N3O3S/c2*1-33(30,31)22-7-6-15(12-25-22)10-16-11-19-23(18-5-3-2-4-17(16)18)26-14-27(24(19)29)20-8-9-32-13-21(20)28;1-31-22-7-6-15(12-25-22)10-16-11-19-23(18-5-3-2-4-17(16)18)26-14-27(24(19)29)20-8-9-30-13-21(20)28/h2*2-7,11-12,14,20-21,28H,8-10,13H2,1H3;2-7,11-12,14,20-21,28H,8-10,13H2,1H3/t3*20-,21-/m000/s1. The first-order chi connectivity index (χ1) is 46.8. The van der Waals surface area contributed by atoms with Crippen molar-refractivity contribution in [1.29, 1.82) is 0 Å². The monoisotopic (exact) mass is 1360 g/mol. The number of fused-ring (bicyclic) bond motifs is 9. The molecule has 97 heavy (non-hydrogen) atoms. The van der Waals surface area contributed by atoms with Gasteiger partial charge in [-0.2, -0.15) is 0 Å². The Morgan fingerprint density at radius 1 is 0.423 bits per heavy atom. The summed E-state index contributed by atoms with van der Waals surface area (Å²) in [6, 6.07) is 38.7. The van der Waals surface area contributed by atoms with Crippen LogP contribution < -0.4 is 16.7 Å². The molecule has 0 amide bonds. The lowest BCUT2D eigenvalue weighted by molar-refractivity contribution is -0.0395. The summed E-state index contributed by atoms with van der Waals surface area (Å²) in [6.45, 7) is 2.09. The van der Waals surface area contributed by atoms with Crippen LogP contribution in [0.25, 0.3) is 65.0 Å². The van der Waals surface area contributed by atoms with Gasteiger partial charge in [-0.25, -0.2) is 46.7 Å². The Kier molecular flexibility index (Phi) is 19.4. The second-order valence-electron chi connectivity index (χ2n) is 24.6. The van der Waals surface area contributed by atoms with Crippen LogP contribution in [0.3, 0.4) is 0 Å². The molecule has 3 aliphatic rings. The van der Waals surface area contributed by atoms with Gasteiger partial charge in [0.1, 0.15) is 0 Å². The van der Waals surface area contributed by atoms with Crippen LogP contribution in [0.5, 0.6) is 0 Å². The van der Waals surface area contributed by atoms with Gasteiger partial charge in [-0.1, -0.05) is 91.0 Å². The predicted octanol–water partition coefficient (Wildman–Crippen LogP) is 8.10. The van der Waals surface area contributed by atoms with Crippen molar-refractivity contribution in [2.24, 2.45) is 0 Å². The average Bonchev–Trinajstić information content (AvgIpc) is 0.767. The average molecular weight is 1360 g/mol. The predicted molar refractivity (Wildman–Crippen MR) is 371 cm³/mol. The van der Waals surface area contributed by atoms with E-state index >= 15 is 0 Å². The molecule has 9 heterocycles. The SMILES string of the molecule is CS(=O)(=O)c1ccc(Cc2cc3c(=O)n([C@H]4CCOC[C@@H]4O)cnc3c3ccccc23)cn1.CS(=O)(=O)c1ccc(Cc2cc3c(=O)n([C@H]4CCOC[C@@H]4O)cnc3c3ccccc23)cn1.CSc1ccc(Cc2cc3c(=O)n([C@H]4CCOC[C@@H]4O)cnc3c3ccccc23)cn1. The van der Waals surface area contributed by atoms with E-state index in [9.17, 15) is 46.5 Å². The molecule has 3 N–H and O–H groups in total. The van der Waals surface area contributed by atoms with E-state index in [-0.39, 0.29) is 64.7 Å².